The van der Waals surface area contributed by atoms with E-state index in [2.05, 4.69) is 27.8 Å². The molecule has 418 valence electrons. The number of nitrogens with zero attached hydrogens (tertiary/aromatic N) is 1. The average molecular weight is 1010 g/mol. The molecule has 0 atom stereocenters. The molecule has 0 unspecified atom stereocenters. The molecule has 0 fully saturated rings. The molecule has 0 aromatic heterocycles. The van der Waals surface area contributed by atoms with Gasteiger partial charge in [-0.15, -0.1) is 0 Å². The van der Waals surface area contributed by atoms with Crippen molar-refractivity contribution in [3.05, 3.63) is 0 Å². The van der Waals surface area contributed by atoms with E-state index in [0.29, 0.717) is 60.4 Å². The summed E-state index contributed by atoms with van der Waals surface area (Å²) in [5, 5.41) is 0. The predicted molar refractivity (Wildman–Crippen MR) is 299 cm³/mol. The molecule has 0 rings (SSSR count). The van der Waals surface area contributed by atoms with E-state index in [1.54, 1.807) is 0 Å². The summed E-state index contributed by atoms with van der Waals surface area (Å²) >= 11 is 0. The van der Waals surface area contributed by atoms with Gasteiger partial charge in [0.15, 0.2) is 0 Å². The van der Waals surface area contributed by atoms with Crippen molar-refractivity contribution in [1.82, 2.24) is 0 Å². The lowest BCUT2D eigenvalue weighted by Gasteiger charge is -2.34. The van der Waals surface area contributed by atoms with Crippen molar-refractivity contribution in [2.75, 3.05) is 26.7 Å². The highest BCUT2D eigenvalue weighted by Gasteiger charge is 2.25. The Morgan fingerprint density at radius 3 is 0.543 bits per heavy atom. The van der Waals surface area contributed by atoms with Crippen molar-refractivity contribution < 1.29 is 36.4 Å². The highest BCUT2D eigenvalue weighted by Crippen LogP contribution is 2.19. The second-order valence-electron chi connectivity index (χ2n) is 22.2. The van der Waals surface area contributed by atoms with E-state index in [4.69, 9.17) is 17.5 Å². The predicted octanol–water partition coefficient (Wildman–Crippen LogP) is 18.8. The normalized spacial score (nSPS) is 11.8. The van der Waals surface area contributed by atoms with Gasteiger partial charge in [-0.25, -0.2) is 0 Å². The second kappa shape index (κ2) is 55.6. The molecule has 0 aliphatic heterocycles. The third-order valence-electron chi connectivity index (χ3n) is 15.0. The first-order valence-corrected chi connectivity index (χ1v) is 32.3. The molecule has 0 heterocycles. The number of ketones is 3. The number of carbonyl (C=O) groups excluding carboxylic acids is 3. The molecule has 0 bridgehead atoms. The van der Waals surface area contributed by atoms with Crippen molar-refractivity contribution >= 4 is 27.7 Å². The Labute approximate surface area is 437 Å². The summed E-state index contributed by atoms with van der Waals surface area (Å²) in [5.74, 6) is 1.12. The van der Waals surface area contributed by atoms with Crippen molar-refractivity contribution in [1.29, 1.82) is 0 Å². The van der Waals surface area contributed by atoms with Gasteiger partial charge in [0.25, 0.3) is 0 Å². The van der Waals surface area contributed by atoms with Crippen LogP contribution in [0.3, 0.4) is 0 Å². The molecule has 8 nitrogen and oxygen atoms in total. The zero-order valence-electron chi connectivity index (χ0n) is 47.4. The molecular weight excluding hydrogens is 891 g/mol. The molecular formula is C61H120NO7S-. The summed E-state index contributed by atoms with van der Waals surface area (Å²) in [5.41, 5.74) is 0. The minimum absolute atomic E-state index is 0.373. The number of hydrogen-bond donors (Lipinski definition) is 0. The van der Waals surface area contributed by atoms with Crippen molar-refractivity contribution in [3.63, 3.8) is 0 Å². The number of quaternary nitrogens is 1. The molecule has 0 amide bonds. The van der Waals surface area contributed by atoms with Crippen LogP contribution in [0.5, 0.6) is 0 Å². The van der Waals surface area contributed by atoms with E-state index in [-0.39, 0.29) is 0 Å². The zero-order valence-corrected chi connectivity index (χ0v) is 48.2. The van der Waals surface area contributed by atoms with Crippen molar-refractivity contribution in [2.24, 2.45) is 0 Å². The van der Waals surface area contributed by atoms with Gasteiger partial charge in [-0.2, -0.15) is 0 Å². The number of unbranched alkanes of at least 4 members (excludes halogenated alkanes) is 42. The SMILES string of the molecule is CCCCCCCCCCCCCCCCCC(=O)CC[N+](C)(CCC(=O)CCCCCCCCCCCCCCCCC)CCC(=O)CCCCCCCCCCCCCCCCC.O=S(=O)([O-])[O-]. The van der Waals surface area contributed by atoms with Crippen molar-refractivity contribution in [2.45, 2.75) is 348 Å². The first-order chi connectivity index (χ1) is 33.9. The monoisotopic (exact) mass is 1010 g/mol. The Hall–Kier alpha value is -1.16. The maximum atomic E-state index is 13.1. The van der Waals surface area contributed by atoms with Gasteiger partial charge in [-0.3, -0.25) is 22.8 Å². The first-order valence-electron chi connectivity index (χ1n) is 30.9. The smallest absolute Gasteiger partial charge is 0.138 e. The Bertz CT molecular complexity index is 1090. The van der Waals surface area contributed by atoms with Crippen LogP contribution in [0.1, 0.15) is 348 Å². The lowest BCUT2D eigenvalue weighted by molar-refractivity contribution is -0.907. The molecule has 0 radical (unpaired) electrons. The average Bonchev–Trinajstić information content (AvgIpc) is 3.32. The fourth-order valence-corrected chi connectivity index (χ4v) is 9.97. The summed E-state index contributed by atoms with van der Waals surface area (Å²) in [6.07, 6.45) is 64.1. The van der Waals surface area contributed by atoms with Crippen LogP contribution in [0.4, 0.5) is 0 Å². The topological polar surface area (TPSA) is 131 Å². The van der Waals surface area contributed by atoms with E-state index in [1.807, 2.05) is 0 Å². The molecule has 0 N–H and O–H groups in total. The van der Waals surface area contributed by atoms with E-state index in [1.165, 1.54) is 250 Å². The van der Waals surface area contributed by atoms with Crippen LogP contribution >= 0.6 is 0 Å². The number of hydrogen-bond acceptors (Lipinski definition) is 7. The molecule has 0 aliphatic carbocycles. The summed E-state index contributed by atoms with van der Waals surface area (Å²) in [4.78, 5) is 39.3. The fourth-order valence-electron chi connectivity index (χ4n) is 9.97. The molecule has 0 saturated carbocycles. The molecule has 70 heavy (non-hydrogen) atoms. The zero-order chi connectivity index (χ0) is 51.9. The van der Waals surface area contributed by atoms with Crippen LogP contribution < -0.4 is 0 Å². The Morgan fingerprint density at radius 2 is 0.400 bits per heavy atom. The van der Waals surface area contributed by atoms with Gasteiger partial charge in [0, 0.05) is 29.7 Å². The Kier molecular flexibility index (Phi) is 56.3. The Morgan fingerprint density at radius 1 is 0.271 bits per heavy atom. The standard InChI is InChI=1S/C61H120NO3.H2O4S/c1-5-8-11-14-17-20-23-26-29-32-35-38-41-44-47-50-59(63)53-56-62(4,57-54-60(64)51-48-45-42-39-36-33-30-27-24-21-18-15-12-9-6-2)58-55-61(65)52-49-46-43-40-37-34-31-28-25-22-19-16-13-10-7-3;1-5(2,3)4/h5-58H2,1-4H3;(H2,1,2,3,4)/q+1;/p-2. The number of rotatable bonds is 57. The summed E-state index contributed by atoms with van der Waals surface area (Å²) < 4.78 is 34.8. The molecule has 9 heteroatoms. The summed E-state index contributed by atoms with van der Waals surface area (Å²) in [6.45, 7) is 9.15. The Balaban J connectivity index is 0. The number of Topliss-reactive ketones (excluding diaryl/α,β-unsaturated/α-hetero) is 3. The molecule has 0 aromatic rings. The largest absolute Gasteiger partial charge is 0.759 e. The van der Waals surface area contributed by atoms with Gasteiger partial charge in [-0.1, -0.05) is 290 Å². The van der Waals surface area contributed by atoms with Gasteiger partial charge in [0.05, 0.1) is 45.9 Å². The minimum Gasteiger partial charge on any atom is -0.759 e. The van der Waals surface area contributed by atoms with Crippen LogP contribution in [0, 0.1) is 0 Å². The van der Waals surface area contributed by atoms with Gasteiger partial charge in [-0.05, 0) is 19.3 Å². The highest BCUT2D eigenvalue weighted by molar-refractivity contribution is 7.79. The van der Waals surface area contributed by atoms with E-state index in [9.17, 15) is 14.4 Å². The highest BCUT2D eigenvalue weighted by atomic mass is 32.3. The quantitative estimate of drug-likeness (QED) is 0.0256. The van der Waals surface area contributed by atoms with E-state index in [0.717, 1.165) is 58.2 Å². The maximum Gasteiger partial charge on any atom is 0.138 e. The van der Waals surface area contributed by atoms with Crippen molar-refractivity contribution in [3.8, 4) is 0 Å². The van der Waals surface area contributed by atoms with Crippen LogP contribution in [-0.4, -0.2) is 66.0 Å². The van der Waals surface area contributed by atoms with Crippen LogP contribution in [-0.2, 0) is 24.8 Å². The summed E-state index contributed by atoms with van der Waals surface area (Å²) in [6, 6.07) is 0. The molecule has 0 spiro atoms. The lowest BCUT2D eigenvalue weighted by atomic mass is 10.0. The summed E-state index contributed by atoms with van der Waals surface area (Å²) in [7, 11) is -2.96. The first kappa shape index (κ1) is 70.9. The lowest BCUT2D eigenvalue weighted by Crippen LogP contribution is -2.48. The van der Waals surface area contributed by atoms with Gasteiger partial charge < -0.3 is 13.6 Å². The van der Waals surface area contributed by atoms with Crippen LogP contribution in [0.15, 0.2) is 0 Å². The van der Waals surface area contributed by atoms with Gasteiger partial charge >= 0.3 is 0 Å². The minimum atomic E-state index is -5.17. The van der Waals surface area contributed by atoms with Crippen LogP contribution in [0.2, 0.25) is 0 Å². The third kappa shape index (κ3) is 63.0. The van der Waals surface area contributed by atoms with E-state index < -0.39 is 10.4 Å². The van der Waals surface area contributed by atoms with Gasteiger partial charge in [0.1, 0.15) is 17.3 Å². The van der Waals surface area contributed by atoms with E-state index >= 15 is 0 Å². The van der Waals surface area contributed by atoms with Gasteiger partial charge in [0.2, 0.25) is 0 Å². The number of carbonyl (C=O) groups is 3. The molecule has 0 aromatic carbocycles. The maximum absolute atomic E-state index is 13.1. The molecule has 0 aliphatic rings. The third-order valence-corrected chi connectivity index (χ3v) is 15.0. The fraction of sp³-hybridized carbons (Fsp3) is 0.951. The van der Waals surface area contributed by atoms with Crippen LogP contribution in [0.25, 0.3) is 0 Å². The molecule has 0 saturated heterocycles. The second-order valence-corrected chi connectivity index (χ2v) is 23.0.